The summed E-state index contributed by atoms with van der Waals surface area (Å²) >= 11 is 1.33. The van der Waals surface area contributed by atoms with Crippen LogP contribution in [-0.4, -0.2) is 21.5 Å². The highest BCUT2D eigenvalue weighted by Gasteiger charge is 2.30. The number of hydrogen-bond donors (Lipinski definition) is 0. The molecule has 146 valence electrons. The van der Waals surface area contributed by atoms with Gasteiger partial charge < -0.3 is 4.42 Å². The van der Waals surface area contributed by atoms with E-state index < -0.39 is 4.92 Å². The van der Waals surface area contributed by atoms with Crippen LogP contribution < -0.4 is 0 Å². The van der Waals surface area contributed by atoms with Crippen LogP contribution in [-0.2, 0) is 5.75 Å². The summed E-state index contributed by atoms with van der Waals surface area (Å²) in [5.41, 5.74) is 3.27. The number of non-ortho nitro benzene ring substituents is 1. The lowest BCUT2D eigenvalue weighted by molar-refractivity contribution is -0.384. The number of nitro groups is 1. The number of aromatic nitrogens is 1. The zero-order valence-electron chi connectivity index (χ0n) is 15.3. The van der Waals surface area contributed by atoms with Crippen LogP contribution in [0.3, 0.4) is 0 Å². The monoisotopic (exact) mass is 416 g/mol. The summed E-state index contributed by atoms with van der Waals surface area (Å²) in [6, 6.07) is 16.2. The second-order valence-electron chi connectivity index (χ2n) is 6.76. The van der Waals surface area contributed by atoms with E-state index >= 15 is 0 Å². The molecule has 0 aliphatic heterocycles. The molecule has 1 aliphatic rings. The molecule has 30 heavy (non-hydrogen) atoms. The molecule has 1 aliphatic carbocycles. The minimum atomic E-state index is -0.444. The molecule has 0 saturated carbocycles. The Kier molecular flexibility index (Phi) is 4.22. The van der Waals surface area contributed by atoms with Crippen molar-refractivity contribution in [2.75, 3.05) is 0 Å². The van der Waals surface area contributed by atoms with Gasteiger partial charge in [0.05, 0.1) is 4.92 Å². The summed E-state index contributed by atoms with van der Waals surface area (Å²) in [6.07, 6.45) is 0. The fourth-order valence-electron chi connectivity index (χ4n) is 3.42. The molecule has 0 fully saturated rings. The lowest BCUT2D eigenvalue weighted by Crippen LogP contribution is -2.20. The number of carbonyl (C=O) groups is 2. The van der Waals surface area contributed by atoms with Gasteiger partial charge in [0.2, 0.25) is 0 Å². The first-order valence-electron chi connectivity index (χ1n) is 9.00. The normalized spacial score (nSPS) is 12.7. The molecule has 1 heterocycles. The highest BCUT2D eigenvalue weighted by atomic mass is 32.2. The fraction of sp³-hybridized carbons (Fsp3) is 0.0455. The third-order valence-electron chi connectivity index (χ3n) is 4.92. The quantitative estimate of drug-likeness (QED) is 0.235. The number of carbonyl (C=O) groups excluding carboxylic acids is 2. The predicted octanol–water partition coefficient (Wildman–Crippen LogP) is 4.80. The van der Waals surface area contributed by atoms with E-state index in [4.69, 9.17) is 4.42 Å². The molecule has 0 radical (unpaired) electrons. The van der Waals surface area contributed by atoms with Gasteiger partial charge in [-0.1, -0.05) is 48.2 Å². The van der Waals surface area contributed by atoms with Gasteiger partial charge in [-0.25, -0.2) is 4.98 Å². The number of hydrogen-bond acceptors (Lipinski definition) is 7. The average molecular weight is 416 g/mol. The molecular weight excluding hydrogens is 404 g/mol. The van der Waals surface area contributed by atoms with Crippen molar-refractivity contribution in [1.82, 2.24) is 4.98 Å². The van der Waals surface area contributed by atoms with Gasteiger partial charge in [0.15, 0.2) is 17.1 Å². The number of fused-ring (bicyclic) bond motifs is 3. The zero-order valence-corrected chi connectivity index (χ0v) is 16.1. The topological polar surface area (TPSA) is 103 Å². The Morgan fingerprint density at radius 1 is 0.900 bits per heavy atom. The molecule has 8 heteroatoms. The van der Waals surface area contributed by atoms with E-state index in [-0.39, 0.29) is 17.3 Å². The van der Waals surface area contributed by atoms with Crippen LogP contribution in [0.15, 0.2) is 70.3 Å². The van der Waals surface area contributed by atoms with Crippen molar-refractivity contribution < 1.29 is 18.9 Å². The number of rotatable bonds is 4. The van der Waals surface area contributed by atoms with Gasteiger partial charge in [-0.15, -0.1) is 0 Å². The van der Waals surface area contributed by atoms with Gasteiger partial charge in [-0.2, -0.15) is 0 Å². The zero-order chi connectivity index (χ0) is 20.8. The first kappa shape index (κ1) is 18.3. The van der Waals surface area contributed by atoms with Gasteiger partial charge in [-0.3, -0.25) is 19.7 Å². The summed E-state index contributed by atoms with van der Waals surface area (Å²) in [4.78, 5) is 40.4. The molecule has 1 aromatic heterocycles. The van der Waals surface area contributed by atoms with Crippen molar-refractivity contribution in [3.8, 4) is 0 Å². The van der Waals surface area contributed by atoms with E-state index in [1.54, 1.807) is 48.5 Å². The Labute approximate surface area is 173 Å². The first-order valence-corrected chi connectivity index (χ1v) is 9.99. The third kappa shape index (κ3) is 2.98. The Balaban J connectivity index is 1.44. The highest BCUT2D eigenvalue weighted by molar-refractivity contribution is 7.98. The van der Waals surface area contributed by atoms with Crippen molar-refractivity contribution in [3.05, 3.63) is 98.6 Å². The lowest BCUT2D eigenvalue weighted by atomic mass is 9.84. The second-order valence-corrected chi connectivity index (χ2v) is 7.69. The Morgan fingerprint density at radius 3 is 2.17 bits per heavy atom. The Bertz CT molecular complexity index is 1290. The number of thioether (sulfide) groups is 1. The van der Waals surface area contributed by atoms with Crippen molar-refractivity contribution in [3.63, 3.8) is 0 Å². The number of oxazole rings is 1. The van der Waals surface area contributed by atoms with Gasteiger partial charge in [0.1, 0.15) is 5.52 Å². The standard InChI is InChI=1S/C22H12N2O5S/c25-20-14-3-1-2-4-15(14)21(26)17-10-19-18(9-16(17)20)23-22(29-19)30-11-12-5-7-13(8-6-12)24(27)28/h1-10H,11H2. The summed E-state index contributed by atoms with van der Waals surface area (Å²) in [5, 5.41) is 11.1. The van der Waals surface area contributed by atoms with Crippen LogP contribution in [0, 0.1) is 10.1 Å². The molecule has 0 N–H and O–H groups in total. The Hall–Kier alpha value is -3.78. The van der Waals surface area contributed by atoms with Crippen molar-refractivity contribution in [2.24, 2.45) is 0 Å². The van der Waals surface area contributed by atoms with E-state index in [0.29, 0.717) is 44.3 Å². The van der Waals surface area contributed by atoms with Crippen molar-refractivity contribution in [1.29, 1.82) is 0 Å². The number of nitro benzene ring substituents is 1. The number of nitrogens with zero attached hydrogens (tertiary/aromatic N) is 2. The summed E-state index contributed by atoms with van der Waals surface area (Å²) < 4.78 is 5.77. The highest BCUT2D eigenvalue weighted by Crippen LogP contribution is 2.33. The summed E-state index contributed by atoms with van der Waals surface area (Å²) in [5.74, 6) is 0.0946. The minimum absolute atomic E-state index is 0.0338. The maximum Gasteiger partial charge on any atom is 0.269 e. The van der Waals surface area contributed by atoms with Crippen molar-refractivity contribution in [2.45, 2.75) is 11.0 Å². The van der Waals surface area contributed by atoms with Crippen LogP contribution in [0.1, 0.15) is 37.4 Å². The minimum Gasteiger partial charge on any atom is -0.431 e. The van der Waals surface area contributed by atoms with Crippen molar-refractivity contribution >= 4 is 40.1 Å². The molecule has 0 atom stereocenters. The molecule has 0 unspecified atom stereocenters. The Morgan fingerprint density at radius 2 is 1.53 bits per heavy atom. The molecule has 0 spiro atoms. The van der Waals surface area contributed by atoms with Crippen LogP contribution in [0.5, 0.6) is 0 Å². The van der Waals surface area contributed by atoms with Gasteiger partial charge in [-0.05, 0) is 17.7 Å². The van der Waals surface area contributed by atoms with E-state index in [1.165, 1.54) is 23.9 Å². The first-order chi connectivity index (χ1) is 14.5. The van der Waals surface area contributed by atoms with Crippen LogP contribution in [0.25, 0.3) is 11.1 Å². The average Bonchev–Trinajstić information content (AvgIpc) is 3.17. The largest absolute Gasteiger partial charge is 0.431 e. The van der Waals surface area contributed by atoms with Gasteiger partial charge >= 0.3 is 0 Å². The molecule has 0 amide bonds. The van der Waals surface area contributed by atoms with E-state index in [9.17, 15) is 19.7 Å². The second kappa shape index (κ2) is 6.93. The number of ketones is 2. The molecule has 5 rings (SSSR count). The summed E-state index contributed by atoms with van der Waals surface area (Å²) in [7, 11) is 0. The molecule has 0 saturated heterocycles. The fourth-order valence-corrected chi connectivity index (χ4v) is 4.21. The lowest BCUT2D eigenvalue weighted by Gasteiger charge is -2.16. The van der Waals surface area contributed by atoms with E-state index in [2.05, 4.69) is 4.98 Å². The maximum atomic E-state index is 12.8. The van der Waals surface area contributed by atoms with Gasteiger partial charge in [0, 0.05) is 40.1 Å². The maximum absolute atomic E-state index is 12.8. The van der Waals surface area contributed by atoms with E-state index in [0.717, 1.165) is 5.56 Å². The molecule has 0 bridgehead atoms. The van der Waals surface area contributed by atoms with Crippen LogP contribution >= 0.6 is 11.8 Å². The smallest absolute Gasteiger partial charge is 0.269 e. The van der Waals surface area contributed by atoms with Crippen LogP contribution in [0.2, 0.25) is 0 Å². The van der Waals surface area contributed by atoms with Crippen LogP contribution in [0.4, 0.5) is 5.69 Å². The predicted molar refractivity (Wildman–Crippen MR) is 110 cm³/mol. The molecule has 3 aromatic carbocycles. The molecular formula is C22H12N2O5S. The molecule has 4 aromatic rings. The summed E-state index contributed by atoms with van der Waals surface area (Å²) in [6.45, 7) is 0. The van der Waals surface area contributed by atoms with Gasteiger partial charge in [0.25, 0.3) is 10.9 Å². The van der Waals surface area contributed by atoms with E-state index in [1.807, 2.05) is 0 Å². The molecule has 7 nitrogen and oxygen atoms in total. The third-order valence-corrected chi connectivity index (χ3v) is 5.82. The number of benzene rings is 3. The SMILES string of the molecule is O=C1c2ccccc2C(=O)c2cc3oc(SCc4ccc([N+](=O)[O-])cc4)nc3cc21.